The molecule has 60 valence electrons. The van der Waals surface area contributed by atoms with E-state index in [1.165, 1.54) is 0 Å². The van der Waals surface area contributed by atoms with Crippen molar-refractivity contribution >= 4 is 6.08 Å². The van der Waals surface area contributed by atoms with Gasteiger partial charge in [0, 0.05) is 5.92 Å². The smallest absolute Gasteiger partial charge is 0.126 e. The third kappa shape index (κ3) is 1.56. The largest absolute Gasteiger partial charge is 0.465 e. The van der Waals surface area contributed by atoms with Gasteiger partial charge in [0.05, 0.1) is 6.26 Å². The van der Waals surface area contributed by atoms with Crippen molar-refractivity contribution in [3.63, 3.8) is 0 Å². The average molecular weight is 158 g/mol. The molecule has 1 aromatic rings. The summed E-state index contributed by atoms with van der Waals surface area (Å²) in [5.41, 5.74) is 0. The van der Waals surface area contributed by atoms with Gasteiger partial charge in [0.1, 0.15) is 5.76 Å². The summed E-state index contributed by atoms with van der Waals surface area (Å²) < 4.78 is 5.16. The summed E-state index contributed by atoms with van der Waals surface area (Å²) in [7, 11) is 0. The van der Waals surface area contributed by atoms with Gasteiger partial charge in [-0.15, -0.1) is 0 Å². The fourth-order valence-corrected chi connectivity index (χ4v) is 1.17. The van der Waals surface area contributed by atoms with E-state index in [-0.39, 0.29) is 0 Å². The molecule has 0 amide bonds. The van der Waals surface area contributed by atoms with Crippen molar-refractivity contribution in [2.75, 3.05) is 0 Å². The van der Waals surface area contributed by atoms with Crippen molar-refractivity contribution in [1.29, 1.82) is 0 Å². The van der Waals surface area contributed by atoms with E-state index in [0.717, 1.165) is 5.76 Å². The van der Waals surface area contributed by atoms with Crippen LogP contribution in [0.25, 0.3) is 6.08 Å². The first kappa shape index (κ1) is 7.17. The zero-order valence-corrected chi connectivity index (χ0v) is 6.68. The molecule has 0 spiro atoms. The van der Waals surface area contributed by atoms with E-state index in [4.69, 9.17) is 4.42 Å². The lowest BCUT2D eigenvalue weighted by Crippen LogP contribution is -1.79. The lowest BCUT2D eigenvalue weighted by atomic mass is 10.1. The molecule has 0 fully saturated rings. The topological polar surface area (TPSA) is 13.1 Å². The standard InChI is InChI=1S/C11H10O/c1-2-5-10(4-1)7-8-11-6-3-9-12-11/h1-10H. The van der Waals surface area contributed by atoms with Gasteiger partial charge in [-0.1, -0.05) is 30.4 Å². The Morgan fingerprint density at radius 1 is 1.25 bits per heavy atom. The maximum absolute atomic E-state index is 5.16. The van der Waals surface area contributed by atoms with Crippen LogP contribution in [-0.4, -0.2) is 0 Å². The Hall–Kier alpha value is -1.50. The van der Waals surface area contributed by atoms with Crippen molar-refractivity contribution in [2.45, 2.75) is 0 Å². The molecule has 1 aliphatic carbocycles. The van der Waals surface area contributed by atoms with Gasteiger partial charge in [-0.05, 0) is 18.2 Å². The van der Waals surface area contributed by atoms with Crippen molar-refractivity contribution in [3.8, 4) is 0 Å². The first-order valence-electron chi connectivity index (χ1n) is 4.02. The Labute approximate surface area is 71.7 Å². The van der Waals surface area contributed by atoms with Crippen LogP contribution >= 0.6 is 0 Å². The Kier molecular flexibility index (Phi) is 1.95. The Morgan fingerprint density at radius 2 is 2.08 bits per heavy atom. The predicted molar refractivity (Wildman–Crippen MR) is 49.5 cm³/mol. The molecule has 0 N–H and O–H groups in total. The number of allylic oxidation sites excluding steroid dienone is 5. The van der Waals surface area contributed by atoms with Crippen LogP contribution < -0.4 is 0 Å². The molecule has 0 atom stereocenters. The number of furan rings is 1. The molecule has 0 aromatic carbocycles. The molecule has 0 aliphatic heterocycles. The molecule has 12 heavy (non-hydrogen) atoms. The molecule has 0 saturated heterocycles. The monoisotopic (exact) mass is 158 g/mol. The summed E-state index contributed by atoms with van der Waals surface area (Å²) in [6.07, 6.45) is 14.2. The first-order valence-corrected chi connectivity index (χ1v) is 4.02. The summed E-state index contributed by atoms with van der Waals surface area (Å²) in [6.45, 7) is 0. The Morgan fingerprint density at radius 3 is 2.75 bits per heavy atom. The third-order valence-electron chi connectivity index (χ3n) is 1.80. The molecular formula is C11H10O. The lowest BCUT2D eigenvalue weighted by Gasteiger charge is -1.92. The summed E-state index contributed by atoms with van der Waals surface area (Å²) in [4.78, 5) is 0. The minimum atomic E-state index is 0.440. The second-order valence-corrected chi connectivity index (χ2v) is 2.72. The molecule has 1 heterocycles. The van der Waals surface area contributed by atoms with Crippen LogP contribution in [0.1, 0.15) is 5.76 Å². The van der Waals surface area contributed by atoms with E-state index < -0.39 is 0 Å². The molecule has 0 radical (unpaired) electrons. The fourth-order valence-electron chi connectivity index (χ4n) is 1.17. The summed E-state index contributed by atoms with van der Waals surface area (Å²) in [5, 5.41) is 0. The zero-order chi connectivity index (χ0) is 8.23. The van der Waals surface area contributed by atoms with E-state index in [1.54, 1.807) is 6.26 Å². The molecule has 1 heteroatoms. The molecule has 1 aromatic heterocycles. The molecule has 0 unspecified atom stereocenters. The lowest BCUT2D eigenvalue weighted by molar-refractivity contribution is 0.556. The molecular weight excluding hydrogens is 148 g/mol. The van der Waals surface area contributed by atoms with E-state index in [2.05, 4.69) is 30.4 Å². The van der Waals surface area contributed by atoms with Crippen LogP contribution in [0.3, 0.4) is 0 Å². The molecule has 1 aliphatic rings. The summed E-state index contributed by atoms with van der Waals surface area (Å²) in [5.74, 6) is 1.35. The molecule has 1 nitrogen and oxygen atoms in total. The second kappa shape index (κ2) is 3.26. The highest BCUT2D eigenvalue weighted by Gasteiger charge is 1.97. The van der Waals surface area contributed by atoms with Crippen molar-refractivity contribution in [2.24, 2.45) is 5.92 Å². The van der Waals surface area contributed by atoms with Gasteiger partial charge in [-0.25, -0.2) is 0 Å². The number of hydrogen-bond acceptors (Lipinski definition) is 1. The van der Waals surface area contributed by atoms with E-state index in [9.17, 15) is 0 Å². The third-order valence-corrected chi connectivity index (χ3v) is 1.80. The summed E-state index contributed by atoms with van der Waals surface area (Å²) >= 11 is 0. The normalized spacial score (nSPS) is 16.7. The summed E-state index contributed by atoms with van der Waals surface area (Å²) in [6, 6.07) is 3.83. The van der Waals surface area contributed by atoms with E-state index >= 15 is 0 Å². The first-order chi connectivity index (χ1) is 5.95. The van der Waals surface area contributed by atoms with Gasteiger partial charge >= 0.3 is 0 Å². The molecule has 2 rings (SSSR count). The maximum Gasteiger partial charge on any atom is 0.126 e. The Balaban J connectivity index is 2.03. The van der Waals surface area contributed by atoms with Gasteiger partial charge in [0.2, 0.25) is 0 Å². The average Bonchev–Trinajstić information content (AvgIpc) is 2.74. The maximum atomic E-state index is 5.16. The highest BCUT2D eigenvalue weighted by Crippen LogP contribution is 2.12. The highest BCUT2D eigenvalue weighted by atomic mass is 16.3. The van der Waals surface area contributed by atoms with Crippen LogP contribution in [0.15, 0.2) is 53.2 Å². The Bertz CT molecular complexity index is 303. The van der Waals surface area contributed by atoms with Gasteiger partial charge in [0.15, 0.2) is 0 Å². The predicted octanol–water partition coefficient (Wildman–Crippen LogP) is 3.04. The molecule has 0 bridgehead atoms. The minimum Gasteiger partial charge on any atom is -0.465 e. The van der Waals surface area contributed by atoms with Crippen LogP contribution in [0.5, 0.6) is 0 Å². The van der Waals surface area contributed by atoms with Crippen molar-refractivity contribution in [1.82, 2.24) is 0 Å². The van der Waals surface area contributed by atoms with Gasteiger partial charge < -0.3 is 4.42 Å². The van der Waals surface area contributed by atoms with Crippen LogP contribution in [0.4, 0.5) is 0 Å². The van der Waals surface area contributed by atoms with Gasteiger partial charge in [-0.2, -0.15) is 0 Å². The number of hydrogen-bond donors (Lipinski definition) is 0. The van der Waals surface area contributed by atoms with Gasteiger partial charge in [0.25, 0.3) is 0 Å². The second-order valence-electron chi connectivity index (χ2n) is 2.72. The minimum absolute atomic E-state index is 0.440. The quantitative estimate of drug-likeness (QED) is 0.644. The molecule has 0 saturated carbocycles. The zero-order valence-electron chi connectivity index (χ0n) is 6.68. The highest BCUT2D eigenvalue weighted by molar-refractivity contribution is 5.44. The van der Waals surface area contributed by atoms with Crippen molar-refractivity contribution < 1.29 is 4.42 Å². The van der Waals surface area contributed by atoms with Crippen molar-refractivity contribution in [3.05, 3.63) is 54.5 Å². The van der Waals surface area contributed by atoms with Crippen LogP contribution in [-0.2, 0) is 0 Å². The fraction of sp³-hybridized carbons (Fsp3) is 0.0909. The SMILES string of the molecule is C1=CC(C=Cc2ccco2)C=C1. The van der Waals surface area contributed by atoms with Gasteiger partial charge in [-0.3, -0.25) is 0 Å². The van der Waals surface area contributed by atoms with Crippen LogP contribution in [0, 0.1) is 5.92 Å². The van der Waals surface area contributed by atoms with E-state index in [0.29, 0.717) is 5.92 Å². The number of rotatable bonds is 2. The van der Waals surface area contributed by atoms with Crippen LogP contribution in [0.2, 0.25) is 0 Å². The van der Waals surface area contributed by atoms with E-state index in [1.807, 2.05) is 18.2 Å².